The predicted molar refractivity (Wildman–Crippen MR) is 89.2 cm³/mol. The van der Waals surface area contributed by atoms with Crippen molar-refractivity contribution < 1.29 is 9.13 Å². The molecule has 0 saturated carbocycles. The first-order valence-electron chi connectivity index (χ1n) is 7.50. The van der Waals surface area contributed by atoms with Gasteiger partial charge in [-0.2, -0.15) is 0 Å². The number of rotatable bonds is 7. The van der Waals surface area contributed by atoms with E-state index in [1.807, 2.05) is 18.2 Å². The number of nitrogens with one attached hydrogen (secondary N) is 2. The first-order valence-corrected chi connectivity index (χ1v) is 7.50. The number of halogens is 1. The number of ether oxygens (including phenoxy) is 1. The molecule has 0 bridgehead atoms. The van der Waals surface area contributed by atoms with Crippen LogP contribution in [0.5, 0.6) is 5.75 Å². The van der Waals surface area contributed by atoms with Crippen LogP contribution in [0.25, 0.3) is 0 Å². The summed E-state index contributed by atoms with van der Waals surface area (Å²) in [5.74, 6) is 1.22. The summed E-state index contributed by atoms with van der Waals surface area (Å²) in [6, 6.07) is 10.3. The average Bonchev–Trinajstić information content (AvgIpc) is 2.58. The van der Waals surface area contributed by atoms with Crippen molar-refractivity contribution in [1.29, 1.82) is 0 Å². The number of nitrogens with zero attached hydrogens (tertiary/aromatic N) is 2. The lowest BCUT2D eigenvalue weighted by Crippen LogP contribution is -2.40. The lowest BCUT2D eigenvalue weighted by Gasteiger charge is -2.12. The maximum Gasteiger partial charge on any atom is 0.191 e. The number of pyridine rings is 1. The van der Waals surface area contributed by atoms with Gasteiger partial charge in [0.05, 0.1) is 12.7 Å². The molecule has 0 aliphatic carbocycles. The summed E-state index contributed by atoms with van der Waals surface area (Å²) in [4.78, 5) is 8.12. The highest BCUT2D eigenvalue weighted by Crippen LogP contribution is 2.05. The second kappa shape index (κ2) is 9.40. The van der Waals surface area contributed by atoms with Crippen molar-refractivity contribution in [3.05, 3.63) is 60.2 Å². The van der Waals surface area contributed by atoms with Crippen LogP contribution in [-0.2, 0) is 6.42 Å². The summed E-state index contributed by atoms with van der Waals surface area (Å²) in [7, 11) is 1.71. The van der Waals surface area contributed by atoms with Gasteiger partial charge in [0.15, 0.2) is 5.96 Å². The maximum atomic E-state index is 13.1. The molecule has 0 radical (unpaired) electrons. The van der Waals surface area contributed by atoms with E-state index < -0.39 is 0 Å². The fourth-order valence-electron chi connectivity index (χ4n) is 2.01. The van der Waals surface area contributed by atoms with Gasteiger partial charge in [-0.15, -0.1) is 0 Å². The fourth-order valence-corrected chi connectivity index (χ4v) is 2.01. The molecule has 0 amide bonds. The van der Waals surface area contributed by atoms with Crippen molar-refractivity contribution in [3.63, 3.8) is 0 Å². The molecule has 0 aliphatic heterocycles. The number of guanidine groups is 1. The van der Waals surface area contributed by atoms with Gasteiger partial charge in [-0.1, -0.05) is 12.1 Å². The highest BCUT2D eigenvalue weighted by molar-refractivity contribution is 5.79. The number of hydrogen-bond donors (Lipinski definition) is 2. The number of benzene rings is 1. The molecular weight excluding hydrogens is 295 g/mol. The first kappa shape index (κ1) is 16.7. The van der Waals surface area contributed by atoms with Crippen molar-refractivity contribution in [2.75, 3.05) is 26.7 Å². The molecular formula is C17H21FN4O. The third kappa shape index (κ3) is 6.34. The van der Waals surface area contributed by atoms with E-state index in [-0.39, 0.29) is 5.82 Å². The Bertz CT molecular complexity index is 619. The van der Waals surface area contributed by atoms with Gasteiger partial charge in [0.2, 0.25) is 0 Å². The average molecular weight is 316 g/mol. The molecule has 0 aliphatic rings. The number of aliphatic imine (C=N–C) groups is 1. The minimum atomic E-state index is -0.211. The summed E-state index contributed by atoms with van der Waals surface area (Å²) in [5, 5.41) is 6.34. The summed E-state index contributed by atoms with van der Waals surface area (Å²) in [6.45, 7) is 1.80. The Morgan fingerprint density at radius 3 is 2.83 bits per heavy atom. The zero-order valence-electron chi connectivity index (χ0n) is 13.1. The van der Waals surface area contributed by atoms with E-state index in [4.69, 9.17) is 4.74 Å². The van der Waals surface area contributed by atoms with E-state index in [2.05, 4.69) is 20.6 Å². The van der Waals surface area contributed by atoms with Crippen molar-refractivity contribution in [1.82, 2.24) is 15.6 Å². The van der Waals surface area contributed by atoms with Gasteiger partial charge in [-0.25, -0.2) is 4.39 Å². The van der Waals surface area contributed by atoms with Crippen LogP contribution in [0.15, 0.2) is 53.8 Å². The normalized spacial score (nSPS) is 11.1. The molecule has 2 N–H and O–H groups in total. The van der Waals surface area contributed by atoms with Gasteiger partial charge in [0.25, 0.3) is 0 Å². The van der Waals surface area contributed by atoms with Gasteiger partial charge in [0, 0.05) is 19.8 Å². The van der Waals surface area contributed by atoms with Gasteiger partial charge in [0.1, 0.15) is 18.2 Å². The van der Waals surface area contributed by atoms with Gasteiger partial charge in [-0.05, 0) is 36.2 Å². The van der Waals surface area contributed by atoms with Crippen LogP contribution in [0, 0.1) is 5.82 Å². The molecule has 0 saturated heterocycles. The minimum absolute atomic E-state index is 0.211. The second-order valence-electron chi connectivity index (χ2n) is 4.84. The van der Waals surface area contributed by atoms with E-state index in [1.165, 1.54) is 6.07 Å². The smallest absolute Gasteiger partial charge is 0.191 e. The molecule has 0 fully saturated rings. The SMILES string of the molecule is CN=C(NCCOc1cccnc1)NCCc1cccc(F)c1. The summed E-state index contributed by atoms with van der Waals surface area (Å²) < 4.78 is 18.6. The number of hydrogen-bond acceptors (Lipinski definition) is 3. The molecule has 2 aromatic rings. The van der Waals surface area contributed by atoms with Crippen LogP contribution >= 0.6 is 0 Å². The summed E-state index contributed by atoms with van der Waals surface area (Å²) in [5.41, 5.74) is 0.952. The predicted octanol–water partition coefficient (Wildman–Crippen LogP) is 2.01. The van der Waals surface area contributed by atoms with Crippen molar-refractivity contribution in [2.24, 2.45) is 4.99 Å². The van der Waals surface area contributed by atoms with Crippen LogP contribution in [0.3, 0.4) is 0 Å². The molecule has 6 heteroatoms. The highest BCUT2D eigenvalue weighted by Gasteiger charge is 1.99. The zero-order chi connectivity index (χ0) is 16.3. The Morgan fingerprint density at radius 1 is 1.22 bits per heavy atom. The Kier molecular flexibility index (Phi) is 6.84. The quantitative estimate of drug-likeness (QED) is 0.466. The largest absolute Gasteiger partial charge is 0.490 e. The summed E-state index contributed by atoms with van der Waals surface area (Å²) >= 11 is 0. The second-order valence-corrected chi connectivity index (χ2v) is 4.84. The van der Waals surface area contributed by atoms with E-state index in [0.717, 1.165) is 17.7 Å². The maximum absolute atomic E-state index is 13.1. The lowest BCUT2D eigenvalue weighted by molar-refractivity contribution is 0.320. The molecule has 122 valence electrons. The Hall–Kier alpha value is -2.63. The molecule has 0 spiro atoms. The third-order valence-corrected chi connectivity index (χ3v) is 3.12. The van der Waals surface area contributed by atoms with Crippen LogP contribution in [-0.4, -0.2) is 37.7 Å². The van der Waals surface area contributed by atoms with E-state index in [9.17, 15) is 4.39 Å². The van der Waals surface area contributed by atoms with E-state index >= 15 is 0 Å². The molecule has 1 aromatic carbocycles. The minimum Gasteiger partial charge on any atom is -0.490 e. The van der Waals surface area contributed by atoms with Crippen molar-refractivity contribution in [3.8, 4) is 5.75 Å². The lowest BCUT2D eigenvalue weighted by atomic mass is 10.1. The topological polar surface area (TPSA) is 58.5 Å². The molecule has 2 rings (SSSR count). The van der Waals surface area contributed by atoms with Crippen LogP contribution in [0.2, 0.25) is 0 Å². The molecule has 1 aromatic heterocycles. The Balaban J connectivity index is 1.63. The highest BCUT2D eigenvalue weighted by atomic mass is 19.1. The van der Waals surface area contributed by atoms with Crippen LogP contribution in [0.4, 0.5) is 4.39 Å². The standard InChI is InChI=1S/C17H21FN4O/c1-19-17(21-9-7-14-4-2-5-15(18)12-14)22-10-11-23-16-6-3-8-20-13-16/h2-6,8,12-13H,7,9-11H2,1H3,(H2,19,21,22). The van der Waals surface area contributed by atoms with E-state index in [1.54, 1.807) is 31.6 Å². The molecule has 0 atom stereocenters. The van der Waals surface area contributed by atoms with Crippen molar-refractivity contribution in [2.45, 2.75) is 6.42 Å². The Labute approximate surface area is 135 Å². The third-order valence-electron chi connectivity index (χ3n) is 3.12. The first-order chi connectivity index (χ1) is 11.3. The van der Waals surface area contributed by atoms with Crippen LogP contribution in [0.1, 0.15) is 5.56 Å². The molecule has 23 heavy (non-hydrogen) atoms. The fraction of sp³-hybridized carbons (Fsp3) is 0.294. The zero-order valence-corrected chi connectivity index (χ0v) is 13.1. The van der Waals surface area contributed by atoms with Gasteiger partial charge < -0.3 is 15.4 Å². The van der Waals surface area contributed by atoms with Crippen molar-refractivity contribution >= 4 is 5.96 Å². The number of aromatic nitrogens is 1. The summed E-state index contributed by atoms with van der Waals surface area (Å²) in [6.07, 6.45) is 4.10. The molecule has 1 heterocycles. The molecule has 5 nitrogen and oxygen atoms in total. The van der Waals surface area contributed by atoms with Gasteiger partial charge >= 0.3 is 0 Å². The Morgan fingerprint density at radius 2 is 2.09 bits per heavy atom. The van der Waals surface area contributed by atoms with Crippen LogP contribution < -0.4 is 15.4 Å². The molecule has 0 unspecified atom stereocenters. The monoisotopic (exact) mass is 316 g/mol. The van der Waals surface area contributed by atoms with E-state index in [0.29, 0.717) is 25.7 Å². The van der Waals surface area contributed by atoms with Gasteiger partial charge in [-0.3, -0.25) is 9.98 Å².